The number of ether oxygens (including phenoxy) is 2. The van der Waals surface area contributed by atoms with Gasteiger partial charge in [-0.2, -0.15) is 0 Å². The van der Waals surface area contributed by atoms with Gasteiger partial charge in [-0.3, -0.25) is 0 Å². The van der Waals surface area contributed by atoms with Gasteiger partial charge < -0.3 is 19.9 Å². The monoisotopic (exact) mass is 313 g/mol. The minimum Gasteiger partial charge on any atom is -0.491 e. The van der Waals surface area contributed by atoms with Crippen molar-refractivity contribution in [3.8, 4) is 5.75 Å². The molecule has 4 nitrogen and oxygen atoms in total. The molecule has 0 aliphatic carbocycles. The van der Waals surface area contributed by atoms with Crippen LogP contribution in [0.5, 0.6) is 5.75 Å². The van der Waals surface area contributed by atoms with Gasteiger partial charge in [0, 0.05) is 13.1 Å². The van der Waals surface area contributed by atoms with Crippen LogP contribution in [0.1, 0.15) is 17.2 Å². The lowest BCUT2D eigenvalue weighted by Crippen LogP contribution is -2.35. The molecule has 0 saturated carbocycles. The zero-order chi connectivity index (χ0) is 15.9. The molecule has 0 unspecified atom stereocenters. The van der Waals surface area contributed by atoms with Gasteiger partial charge in [0.2, 0.25) is 0 Å². The van der Waals surface area contributed by atoms with E-state index in [1.165, 1.54) is 11.1 Å². The fraction of sp³-hybridized carbons (Fsp3) is 0.368. The summed E-state index contributed by atoms with van der Waals surface area (Å²) in [5.41, 5.74) is 2.61. The smallest absolute Gasteiger partial charge is 0.119 e. The molecule has 1 aliphatic rings. The first-order chi connectivity index (χ1) is 11.3. The predicted molar refractivity (Wildman–Crippen MR) is 89.7 cm³/mol. The lowest BCUT2D eigenvalue weighted by molar-refractivity contribution is 0.0380. The Hall–Kier alpha value is -1.88. The van der Waals surface area contributed by atoms with Gasteiger partial charge >= 0.3 is 0 Å². The number of hydrogen-bond donors (Lipinski definition) is 2. The van der Waals surface area contributed by atoms with E-state index in [2.05, 4.69) is 23.5 Å². The van der Waals surface area contributed by atoms with Gasteiger partial charge in [0.1, 0.15) is 18.5 Å². The molecule has 0 amide bonds. The molecule has 2 atom stereocenters. The number of aliphatic hydroxyl groups is 1. The lowest BCUT2D eigenvalue weighted by Gasteiger charge is -2.26. The van der Waals surface area contributed by atoms with Crippen LogP contribution in [0.15, 0.2) is 54.6 Å². The van der Waals surface area contributed by atoms with Crippen LogP contribution < -0.4 is 10.1 Å². The summed E-state index contributed by atoms with van der Waals surface area (Å²) < 4.78 is 11.4. The van der Waals surface area contributed by atoms with Crippen LogP contribution in [-0.4, -0.2) is 37.5 Å². The second kappa shape index (κ2) is 8.11. The highest BCUT2D eigenvalue weighted by Gasteiger charge is 2.20. The highest BCUT2D eigenvalue weighted by atomic mass is 16.5. The van der Waals surface area contributed by atoms with Crippen molar-refractivity contribution in [2.45, 2.75) is 18.6 Å². The molecule has 23 heavy (non-hydrogen) atoms. The molecule has 0 radical (unpaired) electrons. The van der Waals surface area contributed by atoms with Crippen LogP contribution in [0.3, 0.4) is 0 Å². The Labute approximate surface area is 137 Å². The number of hydrogen-bond acceptors (Lipinski definition) is 4. The molecule has 0 aromatic heterocycles. The highest BCUT2D eigenvalue weighted by molar-refractivity contribution is 5.31. The number of fused-ring (bicyclic) bond motifs is 1. The van der Waals surface area contributed by atoms with E-state index >= 15 is 0 Å². The van der Waals surface area contributed by atoms with Crippen molar-refractivity contribution in [3.05, 3.63) is 65.7 Å². The lowest BCUT2D eigenvalue weighted by atomic mass is 9.97. The van der Waals surface area contributed by atoms with Crippen molar-refractivity contribution in [3.63, 3.8) is 0 Å². The third kappa shape index (κ3) is 4.55. The summed E-state index contributed by atoms with van der Waals surface area (Å²) in [7, 11) is 0. The summed E-state index contributed by atoms with van der Waals surface area (Å²) in [5, 5.41) is 13.3. The molecule has 2 N–H and O–H groups in total. The van der Waals surface area contributed by atoms with Crippen molar-refractivity contribution in [2.75, 3.05) is 26.3 Å². The third-order valence-corrected chi connectivity index (χ3v) is 3.99. The second-order valence-corrected chi connectivity index (χ2v) is 5.74. The number of benzene rings is 2. The zero-order valence-corrected chi connectivity index (χ0v) is 13.2. The van der Waals surface area contributed by atoms with Crippen molar-refractivity contribution >= 4 is 0 Å². The summed E-state index contributed by atoms with van der Waals surface area (Å²) in [4.78, 5) is 0. The van der Waals surface area contributed by atoms with Crippen LogP contribution in [0, 0.1) is 0 Å². The SMILES string of the molecule is O[C@H](CNC[C@@H]1OCCc2ccccc21)COc1ccccc1. The Morgan fingerprint density at radius 3 is 2.78 bits per heavy atom. The molecular weight excluding hydrogens is 290 g/mol. The molecule has 4 heteroatoms. The van der Waals surface area contributed by atoms with E-state index in [0.717, 1.165) is 18.8 Å². The van der Waals surface area contributed by atoms with Crippen molar-refractivity contribution in [2.24, 2.45) is 0 Å². The largest absolute Gasteiger partial charge is 0.491 e. The minimum atomic E-state index is -0.547. The number of nitrogens with one attached hydrogen (secondary N) is 1. The average Bonchev–Trinajstić information content (AvgIpc) is 2.61. The number of rotatable bonds is 7. The van der Waals surface area contributed by atoms with E-state index in [0.29, 0.717) is 13.1 Å². The van der Waals surface area contributed by atoms with Gasteiger partial charge in [-0.15, -0.1) is 0 Å². The van der Waals surface area contributed by atoms with E-state index in [1.54, 1.807) is 0 Å². The summed E-state index contributed by atoms with van der Waals surface area (Å²) >= 11 is 0. The maximum absolute atomic E-state index is 10.0. The standard InChI is InChI=1S/C19H23NO3/c21-16(14-23-17-7-2-1-3-8-17)12-20-13-19-18-9-5-4-6-15(18)10-11-22-19/h1-9,16,19-21H,10-14H2/t16-,19+/m1/s1. The summed E-state index contributed by atoms with van der Waals surface area (Å²) in [6.45, 7) is 2.20. The molecule has 0 saturated heterocycles. The first-order valence-electron chi connectivity index (χ1n) is 8.09. The van der Waals surface area contributed by atoms with Crippen LogP contribution in [-0.2, 0) is 11.2 Å². The molecule has 0 bridgehead atoms. The van der Waals surface area contributed by atoms with Crippen LogP contribution in [0.25, 0.3) is 0 Å². The fourth-order valence-electron chi connectivity index (χ4n) is 2.79. The van der Waals surface area contributed by atoms with E-state index < -0.39 is 6.10 Å². The van der Waals surface area contributed by atoms with Crippen molar-refractivity contribution in [1.29, 1.82) is 0 Å². The average molecular weight is 313 g/mol. The van der Waals surface area contributed by atoms with Crippen molar-refractivity contribution < 1.29 is 14.6 Å². The molecule has 1 heterocycles. The molecule has 1 aliphatic heterocycles. The quantitative estimate of drug-likeness (QED) is 0.824. The van der Waals surface area contributed by atoms with Crippen LogP contribution in [0.4, 0.5) is 0 Å². The normalized spacial score (nSPS) is 18.2. The maximum atomic E-state index is 10.0. The van der Waals surface area contributed by atoms with Crippen molar-refractivity contribution in [1.82, 2.24) is 5.32 Å². The van der Waals surface area contributed by atoms with E-state index in [4.69, 9.17) is 9.47 Å². The van der Waals surface area contributed by atoms with Gasteiger partial charge in [-0.25, -0.2) is 0 Å². The molecular formula is C19H23NO3. The zero-order valence-electron chi connectivity index (χ0n) is 13.2. The Morgan fingerprint density at radius 1 is 1.13 bits per heavy atom. The second-order valence-electron chi connectivity index (χ2n) is 5.74. The number of para-hydroxylation sites is 1. The Balaban J connectivity index is 1.41. The molecule has 122 valence electrons. The highest BCUT2D eigenvalue weighted by Crippen LogP contribution is 2.26. The predicted octanol–water partition coefficient (Wildman–Crippen LogP) is 2.33. The van der Waals surface area contributed by atoms with E-state index in [-0.39, 0.29) is 12.7 Å². The topological polar surface area (TPSA) is 50.7 Å². The molecule has 2 aromatic rings. The van der Waals surface area contributed by atoms with E-state index in [9.17, 15) is 5.11 Å². The number of aliphatic hydroxyl groups excluding tert-OH is 1. The first kappa shape index (κ1) is 16.0. The summed E-state index contributed by atoms with van der Waals surface area (Å²) in [5.74, 6) is 0.774. The van der Waals surface area contributed by atoms with Gasteiger partial charge in [-0.1, -0.05) is 42.5 Å². The Bertz CT molecular complexity index is 603. The van der Waals surface area contributed by atoms with Gasteiger partial charge in [-0.05, 0) is 29.7 Å². The van der Waals surface area contributed by atoms with Gasteiger partial charge in [0.05, 0.1) is 12.7 Å². The molecule has 3 rings (SSSR count). The van der Waals surface area contributed by atoms with E-state index in [1.807, 2.05) is 36.4 Å². The molecule has 0 spiro atoms. The first-order valence-corrected chi connectivity index (χ1v) is 8.09. The molecule has 0 fully saturated rings. The Kier molecular flexibility index (Phi) is 5.64. The summed E-state index contributed by atoms with van der Waals surface area (Å²) in [6, 6.07) is 17.9. The van der Waals surface area contributed by atoms with Gasteiger partial charge in [0.25, 0.3) is 0 Å². The maximum Gasteiger partial charge on any atom is 0.119 e. The van der Waals surface area contributed by atoms with Crippen LogP contribution >= 0.6 is 0 Å². The Morgan fingerprint density at radius 2 is 1.91 bits per heavy atom. The summed E-state index contributed by atoms with van der Waals surface area (Å²) in [6.07, 6.45) is 0.483. The fourth-order valence-corrected chi connectivity index (χ4v) is 2.79. The van der Waals surface area contributed by atoms with Gasteiger partial charge in [0.15, 0.2) is 0 Å². The third-order valence-electron chi connectivity index (χ3n) is 3.99. The minimum absolute atomic E-state index is 0.0576. The molecule has 2 aromatic carbocycles. The van der Waals surface area contributed by atoms with Crippen LogP contribution in [0.2, 0.25) is 0 Å².